The van der Waals surface area contributed by atoms with Gasteiger partial charge in [0.05, 0.1) is 6.04 Å². The standard InChI is InChI=1S/C24H35N3O3/c1-15(2)18-6-8-19(9-7-18)21(16(3)4)25-20(28)14-27-22(29)24(26-23(27)30)12-10-17(5)11-13-24/h6-9,15-17,21H,10-14H2,1-5H3,(H,25,28)(H,26,30)/t17?,21-,24?/m0/s1. The molecule has 2 N–H and O–H groups in total. The summed E-state index contributed by atoms with van der Waals surface area (Å²) in [5.41, 5.74) is 1.46. The molecule has 0 unspecified atom stereocenters. The van der Waals surface area contributed by atoms with Crippen molar-refractivity contribution in [1.82, 2.24) is 15.5 Å². The molecule has 30 heavy (non-hydrogen) atoms. The van der Waals surface area contributed by atoms with Crippen molar-refractivity contribution >= 4 is 17.8 Å². The highest BCUT2D eigenvalue weighted by Crippen LogP contribution is 2.36. The Morgan fingerprint density at radius 3 is 2.20 bits per heavy atom. The van der Waals surface area contributed by atoms with Crippen molar-refractivity contribution < 1.29 is 14.4 Å². The lowest BCUT2D eigenvalue weighted by Crippen LogP contribution is -2.50. The molecule has 0 aromatic heterocycles. The zero-order valence-electron chi connectivity index (χ0n) is 18.8. The summed E-state index contributed by atoms with van der Waals surface area (Å²) in [6.07, 6.45) is 3.11. The van der Waals surface area contributed by atoms with Gasteiger partial charge < -0.3 is 10.6 Å². The predicted octanol–water partition coefficient (Wildman–Crippen LogP) is 4.12. The van der Waals surface area contributed by atoms with Gasteiger partial charge in [0.1, 0.15) is 12.1 Å². The molecule has 0 bridgehead atoms. The monoisotopic (exact) mass is 413 g/mol. The number of amides is 4. The molecular weight excluding hydrogens is 378 g/mol. The zero-order valence-corrected chi connectivity index (χ0v) is 18.8. The maximum absolute atomic E-state index is 13.0. The first-order chi connectivity index (χ1) is 14.1. The fourth-order valence-corrected chi connectivity index (χ4v) is 4.50. The number of urea groups is 1. The molecule has 1 aliphatic carbocycles. The summed E-state index contributed by atoms with van der Waals surface area (Å²) in [7, 11) is 0. The zero-order chi connectivity index (χ0) is 22.1. The Bertz CT molecular complexity index is 792. The minimum Gasteiger partial charge on any atom is -0.347 e. The number of hydrogen-bond acceptors (Lipinski definition) is 3. The maximum atomic E-state index is 13.0. The topological polar surface area (TPSA) is 78.5 Å². The van der Waals surface area contributed by atoms with Crippen LogP contribution in [0.25, 0.3) is 0 Å². The molecule has 1 aromatic carbocycles. The Kier molecular flexibility index (Phi) is 6.53. The van der Waals surface area contributed by atoms with Gasteiger partial charge in [-0.1, -0.05) is 58.9 Å². The quantitative estimate of drug-likeness (QED) is 0.689. The van der Waals surface area contributed by atoms with E-state index in [0.717, 1.165) is 23.3 Å². The highest BCUT2D eigenvalue weighted by atomic mass is 16.2. The molecule has 1 aromatic rings. The Balaban J connectivity index is 1.67. The molecule has 1 spiro atoms. The molecule has 2 aliphatic rings. The molecule has 1 heterocycles. The highest BCUT2D eigenvalue weighted by Gasteiger charge is 2.52. The molecule has 3 rings (SSSR count). The Morgan fingerprint density at radius 2 is 1.67 bits per heavy atom. The molecule has 1 atom stereocenters. The van der Waals surface area contributed by atoms with E-state index in [1.54, 1.807) is 0 Å². The third kappa shape index (κ3) is 4.52. The minimum atomic E-state index is -0.812. The van der Waals surface area contributed by atoms with Crippen LogP contribution in [0.2, 0.25) is 0 Å². The van der Waals surface area contributed by atoms with Gasteiger partial charge in [-0.15, -0.1) is 0 Å². The van der Waals surface area contributed by atoms with E-state index in [-0.39, 0.29) is 30.3 Å². The number of nitrogens with one attached hydrogen (secondary N) is 2. The normalized spacial score (nSPS) is 25.2. The summed E-state index contributed by atoms with van der Waals surface area (Å²) in [4.78, 5) is 39.3. The van der Waals surface area contributed by atoms with Crippen molar-refractivity contribution in [3.05, 3.63) is 35.4 Å². The van der Waals surface area contributed by atoms with Crippen molar-refractivity contribution in [3.8, 4) is 0 Å². The lowest BCUT2D eigenvalue weighted by atomic mass is 9.77. The smallest absolute Gasteiger partial charge is 0.325 e. The first-order valence-electron chi connectivity index (χ1n) is 11.2. The van der Waals surface area contributed by atoms with Gasteiger partial charge in [0.25, 0.3) is 5.91 Å². The van der Waals surface area contributed by atoms with E-state index in [1.807, 2.05) is 26.0 Å². The second-order valence-electron chi connectivity index (χ2n) is 9.70. The molecule has 2 fully saturated rings. The van der Waals surface area contributed by atoms with Crippen LogP contribution in [0.5, 0.6) is 0 Å². The summed E-state index contributed by atoms with van der Waals surface area (Å²) < 4.78 is 0. The van der Waals surface area contributed by atoms with Gasteiger partial charge in [0.2, 0.25) is 5.91 Å². The number of carbonyl (C=O) groups excluding carboxylic acids is 3. The maximum Gasteiger partial charge on any atom is 0.325 e. The van der Waals surface area contributed by atoms with Crippen LogP contribution in [0, 0.1) is 11.8 Å². The van der Waals surface area contributed by atoms with Gasteiger partial charge >= 0.3 is 6.03 Å². The van der Waals surface area contributed by atoms with Crippen LogP contribution in [0.15, 0.2) is 24.3 Å². The average Bonchev–Trinajstić information content (AvgIpc) is 2.92. The first-order valence-corrected chi connectivity index (χ1v) is 11.2. The fraction of sp³-hybridized carbons (Fsp3) is 0.625. The van der Waals surface area contributed by atoms with Crippen LogP contribution in [0.4, 0.5) is 4.79 Å². The van der Waals surface area contributed by atoms with Crippen molar-refractivity contribution in [2.24, 2.45) is 11.8 Å². The lowest BCUT2D eigenvalue weighted by molar-refractivity contribution is -0.136. The number of rotatable bonds is 6. The van der Waals surface area contributed by atoms with E-state index in [4.69, 9.17) is 0 Å². The molecule has 164 valence electrons. The lowest BCUT2D eigenvalue weighted by Gasteiger charge is -2.33. The molecule has 1 saturated carbocycles. The summed E-state index contributed by atoms with van der Waals surface area (Å²) in [6, 6.07) is 7.65. The van der Waals surface area contributed by atoms with Crippen LogP contribution in [0.1, 0.15) is 83.4 Å². The predicted molar refractivity (Wildman–Crippen MR) is 117 cm³/mol. The molecule has 0 radical (unpaired) electrons. The van der Waals surface area contributed by atoms with E-state index in [9.17, 15) is 14.4 Å². The summed E-state index contributed by atoms with van der Waals surface area (Å²) >= 11 is 0. The third-order valence-electron chi connectivity index (χ3n) is 6.62. The molecule has 1 aliphatic heterocycles. The highest BCUT2D eigenvalue weighted by molar-refractivity contribution is 6.09. The summed E-state index contributed by atoms with van der Waals surface area (Å²) in [6.45, 7) is 10.3. The molecule has 6 heteroatoms. The fourth-order valence-electron chi connectivity index (χ4n) is 4.50. The van der Waals surface area contributed by atoms with Gasteiger partial charge in [-0.3, -0.25) is 14.5 Å². The van der Waals surface area contributed by atoms with Crippen LogP contribution in [-0.2, 0) is 9.59 Å². The largest absolute Gasteiger partial charge is 0.347 e. The number of carbonyl (C=O) groups is 3. The van der Waals surface area contributed by atoms with Crippen LogP contribution >= 0.6 is 0 Å². The van der Waals surface area contributed by atoms with Gasteiger partial charge in [-0.05, 0) is 54.6 Å². The second-order valence-corrected chi connectivity index (χ2v) is 9.70. The van der Waals surface area contributed by atoms with Gasteiger partial charge in [-0.25, -0.2) is 4.79 Å². The van der Waals surface area contributed by atoms with Crippen LogP contribution in [0.3, 0.4) is 0 Å². The first kappa shape index (κ1) is 22.3. The summed E-state index contributed by atoms with van der Waals surface area (Å²) in [5.74, 6) is 0.615. The minimum absolute atomic E-state index is 0.174. The number of nitrogens with zero attached hydrogens (tertiary/aromatic N) is 1. The summed E-state index contributed by atoms with van der Waals surface area (Å²) in [5, 5.41) is 5.91. The van der Waals surface area contributed by atoms with E-state index in [2.05, 4.69) is 43.5 Å². The van der Waals surface area contributed by atoms with Crippen LogP contribution in [-0.4, -0.2) is 34.8 Å². The van der Waals surface area contributed by atoms with Crippen molar-refractivity contribution in [2.75, 3.05) is 6.54 Å². The van der Waals surface area contributed by atoms with Gasteiger partial charge in [0.15, 0.2) is 0 Å². The molecule has 1 saturated heterocycles. The van der Waals surface area contributed by atoms with Gasteiger partial charge in [0, 0.05) is 0 Å². The van der Waals surface area contributed by atoms with Crippen LogP contribution < -0.4 is 10.6 Å². The Hall–Kier alpha value is -2.37. The van der Waals surface area contributed by atoms with Crippen molar-refractivity contribution in [3.63, 3.8) is 0 Å². The Morgan fingerprint density at radius 1 is 1.10 bits per heavy atom. The van der Waals surface area contributed by atoms with E-state index in [1.165, 1.54) is 5.56 Å². The second kappa shape index (κ2) is 8.78. The number of hydrogen-bond donors (Lipinski definition) is 2. The number of imide groups is 1. The average molecular weight is 414 g/mol. The number of benzene rings is 1. The molecular formula is C24H35N3O3. The van der Waals surface area contributed by atoms with Crippen molar-refractivity contribution in [2.45, 2.75) is 77.8 Å². The molecule has 6 nitrogen and oxygen atoms in total. The third-order valence-corrected chi connectivity index (χ3v) is 6.62. The van der Waals surface area contributed by atoms with E-state index in [0.29, 0.717) is 24.7 Å². The van der Waals surface area contributed by atoms with Gasteiger partial charge in [-0.2, -0.15) is 0 Å². The Labute approximate surface area is 179 Å². The molecule has 4 amide bonds. The van der Waals surface area contributed by atoms with Crippen molar-refractivity contribution in [1.29, 1.82) is 0 Å². The van der Waals surface area contributed by atoms with E-state index >= 15 is 0 Å². The SMILES string of the molecule is CC1CCC2(CC1)NC(=O)N(CC(=O)N[C@H](c1ccc(C(C)C)cc1)C(C)C)C2=O. The van der Waals surface area contributed by atoms with E-state index < -0.39 is 11.6 Å².